The van der Waals surface area contributed by atoms with Gasteiger partial charge < -0.3 is 15.0 Å². The Morgan fingerprint density at radius 1 is 1.36 bits per heavy atom. The van der Waals surface area contributed by atoms with Crippen LogP contribution in [0.3, 0.4) is 0 Å². The zero-order chi connectivity index (χ0) is 20.3. The summed E-state index contributed by atoms with van der Waals surface area (Å²) in [6.45, 7) is 3.61. The number of aromatic nitrogens is 2. The van der Waals surface area contributed by atoms with Crippen molar-refractivity contribution in [2.24, 2.45) is 0 Å². The monoisotopic (exact) mass is 415 g/mol. The summed E-state index contributed by atoms with van der Waals surface area (Å²) < 4.78 is 45.9. The second kappa shape index (κ2) is 8.31. The highest BCUT2D eigenvalue weighted by atomic mass is 32.1. The van der Waals surface area contributed by atoms with Gasteiger partial charge in [-0.15, -0.1) is 0 Å². The lowest BCUT2D eigenvalue weighted by Crippen LogP contribution is -2.37. The maximum Gasteiger partial charge on any atom is 0.416 e. The number of ether oxygens (including phenoxy) is 1. The number of morpholine rings is 1. The molecule has 2 heterocycles. The van der Waals surface area contributed by atoms with Gasteiger partial charge in [0, 0.05) is 13.1 Å². The van der Waals surface area contributed by atoms with E-state index >= 15 is 0 Å². The van der Waals surface area contributed by atoms with Crippen LogP contribution >= 0.6 is 11.3 Å². The standard InChI is InChI=1S/C17H20F3N5O2S/c1-2-15-23-25(16(21)28-15)10-14(26)22-12-9-11(17(18,19)20)3-4-13(12)24-5-7-27-8-6-24/h3-4,9,21H,2,5-8,10H2,1H3,(H,22,26). The molecule has 0 saturated carbocycles. The predicted molar refractivity (Wildman–Crippen MR) is 98.4 cm³/mol. The van der Waals surface area contributed by atoms with Crippen molar-refractivity contribution in [3.8, 4) is 0 Å². The molecular formula is C17H20F3N5O2S. The van der Waals surface area contributed by atoms with E-state index in [1.54, 1.807) is 0 Å². The molecule has 0 spiro atoms. The fourth-order valence-corrected chi connectivity index (χ4v) is 3.55. The van der Waals surface area contributed by atoms with Gasteiger partial charge in [0.1, 0.15) is 11.6 Å². The van der Waals surface area contributed by atoms with E-state index in [1.165, 1.54) is 10.7 Å². The molecule has 0 aliphatic carbocycles. The van der Waals surface area contributed by atoms with Crippen LogP contribution in [0, 0.1) is 5.41 Å². The lowest BCUT2D eigenvalue weighted by atomic mass is 10.1. The maximum absolute atomic E-state index is 13.1. The zero-order valence-electron chi connectivity index (χ0n) is 15.2. The molecule has 152 valence electrons. The number of nitrogens with zero attached hydrogens (tertiary/aromatic N) is 3. The SMILES string of the molecule is CCc1nn(CC(=O)Nc2cc(C(F)(F)F)ccc2N2CCOCC2)c(=N)s1. The highest BCUT2D eigenvalue weighted by Crippen LogP contribution is 2.35. The van der Waals surface area contributed by atoms with E-state index in [9.17, 15) is 18.0 Å². The fourth-order valence-electron chi connectivity index (χ4n) is 2.83. The molecule has 0 atom stereocenters. The van der Waals surface area contributed by atoms with Gasteiger partial charge in [-0.25, -0.2) is 4.68 Å². The van der Waals surface area contributed by atoms with Gasteiger partial charge in [-0.3, -0.25) is 10.2 Å². The van der Waals surface area contributed by atoms with Crippen molar-refractivity contribution in [1.82, 2.24) is 9.78 Å². The first-order valence-corrected chi connectivity index (χ1v) is 9.54. The van der Waals surface area contributed by atoms with Crippen LogP contribution in [0.25, 0.3) is 0 Å². The molecule has 0 unspecified atom stereocenters. The third-order valence-electron chi connectivity index (χ3n) is 4.23. The average molecular weight is 415 g/mol. The Bertz CT molecular complexity index is 903. The number of hydrogen-bond donors (Lipinski definition) is 2. The van der Waals surface area contributed by atoms with Gasteiger partial charge in [-0.1, -0.05) is 18.3 Å². The van der Waals surface area contributed by atoms with Crippen molar-refractivity contribution in [2.75, 3.05) is 36.5 Å². The number of aryl methyl sites for hydroxylation is 1. The first-order valence-electron chi connectivity index (χ1n) is 8.73. The van der Waals surface area contributed by atoms with Gasteiger partial charge in [0.05, 0.1) is 30.2 Å². The third kappa shape index (κ3) is 4.71. The number of alkyl halides is 3. The second-order valence-corrected chi connectivity index (χ2v) is 7.25. The van der Waals surface area contributed by atoms with Gasteiger partial charge in [0.2, 0.25) is 10.7 Å². The van der Waals surface area contributed by atoms with Crippen molar-refractivity contribution in [2.45, 2.75) is 26.1 Å². The molecule has 0 bridgehead atoms. The third-order valence-corrected chi connectivity index (χ3v) is 5.24. The molecule has 1 amide bonds. The predicted octanol–water partition coefficient (Wildman–Crippen LogP) is 2.48. The highest BCUT2D eigenvalue weighted by molar-refractivity contribution is 7.08. The summed E-state index contributed by atoms with van der Waals surface area (Å²) in [6, 6.07) is 3.31. The second-order valence-electron chi connectivity index (χ2n) is 6.19. The van der Waals surface area contributed by atoms with E-state index in [0.717, 1.165) is 23.5 Å². The number of nitrogens with one attached hydrogen (secondary N) is 2. The van der Waals surface area contributed by atoms with Crippen molar-refractivity contribution in [3.63, 3.8) is 0 Å². The number of anilines is 2. The van der Waals surface area contributed by atoms with Crippen molar-refractivity contribution in [1.29, 1.82) is 5.41 Å². The summed E-state index contributed by atoms with van der Waals surface area (Å²) in [5, 5.41) is 15.3. The minimum absolute atomic E-state index is 0.0831. The fraction of sp³-hybridized carbons (Fsp3) is 0.471. The van der Waals surface area contributed by atoms with E-state index in [-0.39, 0.29) is 17.0 Å². The zero-order valence-corrected chi connectivity index (χ0v) is 16.0. The van der Waals surface area contributed by atoms with Crippen molar-refractivity contribution >= 4 is 28.6 Å². The van der Waals surface area contributed by atoms with Crippen LogP contribution in [-0.2, 0) is 28.7 Å². The van der Waals surface area contributed by atoms with Crippen LogP contribution < -0.4 is 15.0 Å². The largest absolute Gasteiger partial charge is 0.416 e. The Kier molecular flexibility index (Phi) is 6.04. The summed E-state index contributed by atoms with van der Waals surface area (Å²) >= 11 is 1.16. The lowest BCUT2D eigenvalue weighted by molar-refractivity contribution is -0.137. The number of amides is 1. The smallest absolute Gasteiger partial charge is 0.378 e. The first-order chi connectivity index (χ1) is 13.3. The number of benzene rings is 1. The molecule has 1 aliphatic rings. The molecule has 1 aliphatic heterocycles. The Labute approximate surface area is 163 Å². The highest BCUT2D eigenvalue weighted by Gasteiger charge is 2.32. The topological polar surface area (TPSA) is 83.2 Å². The minimum Gasteiger partial charge on any atom is -0.378 e. The molecule has 7 nitrogen and oxygen atoms in total. The molecule has 1 aromatic carbocycles. The molecule has 0 radical (unpaired) electrons. The summed E-state index contributed by atoms with van der Waals surface area (Å²) in [4.78, 5) is 14.4. The molecule has 28 heavy (non-hydrogen) atoms. The van der Waals surface area contributed by atoms with Crippen molar-refractivity contribution in [3.05, 3.63) is 33.6 Å². The van der Waals surface area contributed by atoms with Crippen molar-refractivity contribution < 1.29 is 22.7 Å². The van der Waals surface area contributed by atoms with Gasteiger partial charge in [-0.05, 0) is 24.6 Å². The summed E-state index contributed by atoms with van der Waals surface area (Å²) in [7, 11) is 0. The van der Waals surface area contributed by atoms with Crippen LogP contribution in [0.2, 0.25) is 0 Å². The Morgan fingerprint density at radius 2 is 2.07 bits per heavy atom. The van der Waals surface area contributed by atoms with Crippen LogP contribution in [0.5, 0.6) is 0 Å². The number of carbonyl (C=O) groups excluding carboxylic acids is 1. The average Bonchev–Trinajstić information content (AvgIpc) is 3.01. The summed E-state index contributed by atoms with van der Waals surface area (Å²) in [5.74, 6) is -0.541. The minimum atomic E-state index is -4.52. The molecule has 1 aromatic heterocycles. The van der Waals surface area contributed by atoms with Crippen LogP contribution in [0.4, 0.5) is 24.5 Å². The normalized spacial score (nSPS) is 14.9. The van der Waals surface area contributed by atoms with E-state index in [2.05, 4.69) is 10.4 Å². The molecule has 1 saturated heterocycles. The molecule has 3 rings (SSSR count). The quantitative estimate of drug-likeness (QED) is 0.786. The van der Waals surface area contributed by atoms with Gasteiger partial charge in [0.25, 0.3) is 0 Å². The number of hydrogen-bond acceptors (Lipinski definition) is 6. The Morgan fingerprint density at radius 3 is 2.68 bits per heavy atom. The van der Waals surface area contributed by atoms with Gasteiger partial charge >= 0.3 is 6.18 Å². The maximum atomic E-state index is 13.1. The number of halogens is 3. The Hall–Kier alpha value is -2.40. The summed E-state index contributed by atoms with van der Waals surface area (Å²) in [6.07, 6.45) is -3.88. The first kappa shape index (κ1) is 20.3. The number of carbonyl (C=O) groups is 1. The molecule has 2 aromatic rings. The molecule has 11 heteroatoms. The summed E-state index contributed by atoms with van der Waals surface area (Å²) in [5.41, 5.74) is -0.247. The van der Waals surface area contributed by atoms with E-state index in [1.807, 2.05) is 11.8 Å². The van der Waals surface area contributed by atoms with Gasteiger partial charge in [0.15, 0.2) is 0 Å². The molecule has 1 fully saturated rings. The van der Waals surface area contributed by atoms with E-state index in [0.29, 0.717) is 43.4 Å². The Balaban J connectivity index is 1.85. The van der Waals surface area contributed by atoms with Crippen LogP contribution in [0.1, 0.15) is 17.5 Å². The molecular weight excluding hydrogens is 395 g/mol. The van der Waals surface area contributed by atoms with E-state index < -0.39 is 17.6 Å². The van der Waals surface area contributed by atoms with Crippen LogP contribution in [0.15, 0.2) is 18.2 Å². The van der Waals surface area contributed by atoms with Gasteiger partial charge in [-0.2, -0.15) is 18.3 Å². The van der Waals surface area contributed by atoms with E-state index in [4.69, 9.17) is 10.1 Å². The lowest BCUT2D eigenvalue weighted by Gasteiger charge is -2.31. The number of rotatable bonds is 5. The molecule has 2 N–H and O–H groups in total. The van der Waals surface area contributed by atoms with Crippen LogP contribution in [-0.4, -0.2) is 42.0 Å².